The van der Waals surface area contributed by atoms with Gasteiger partial charge in [-0.15, -0.1) is 0 Å². The Labute approximate surface area is 277 Å². The predicted octanol–water partition coefficient (Wildman–Crippen LogP) is 8.95. The van der Waals surface area contributed by atoms with E-state index in [1.165, 1.54) is 43.0 Å². The van der Waals surface area contributed by atoms with Crippen molar-refractivity contribution < 1.29 is 34.3 Å². The number of benzene rings is 1. The fourth-order valence-corrected chi connectivity index (χ4v) is 11.2. The molecule has 0 aliphatic heterocycles. The van der Waals surface area contributed by atoms with Gasteiger partial charge in [-0.2, -0.15) is 16.8 Å². The molecule has 7 atom stereocenters. The van der Waals surface area contributed by atoms with Gasteiger partial charge in [0.25, 0.3) is 0 Å². The molecule has 0 unspecified atom stereocenters. The number of allylic oxidation sites excluding steroid dienone is 3. The normalized spacial score (nSPS) is 36.3. The van der Waals surface area contributed by atoms with Crippen LogP contribution in [0.1, 0.15) is 118 Å². The summed E-state index contributed by atoms with van der Waals surface area (Å²) >= 11 is 0. The molecule has 5 rings (SSSR count). The number of fused-ring (bicyclic) bond motifs is 2. The third kappa shape index (κ3) is 6.70. The van der Waals surface area contributed by atoms with Crippen LogP contribution >= 0.6 is 0 Å². The van der Waals surface area contributed by atoms with Crippen LogP contribution in [0.3, 0.4) is 0 Å². The Kier molecular flexibility index (Phi) is 9.41. The summed E-state index contributed by atoms with van der Waals surface area (Å²) in [7, 11) is -9.65. The topological polar surface area (TPSA) is 127 Å². The van der Waals surface area contributed by atoms with Crippen molar-refractivity contribution in [2.45, 2.75) is 119 Å². The van der Waals surface area contributed by atoms with E-state index in [4.69, 9.17) is 14.9 Å². The molecule has 1 aromatic rings. The highest BCUT2D eigenvalue weighted by atomic mass is 32.3. The van der Waals surface area contributed by atoms with E-state index in [2.05, 4.69) is 47.6 Å². The summed E-state index contributed by atoms with van der Waals surface area (Å²) in [5.74, 6) is 1.44. The highest BCUT2D eigenvalue weighted by Gasteiger charge is 2.57. The highest BCUT2D eigenvalue weighted by molar-refractivity contribution is 7.81. The van der Waals surface area contributed by atoms with Crippen LogP contribution in [0.25, 0.3) is 0 Å². The quantitative estimate of drug-likeness (QED) is 0.196. The third-order valence-electron chi connectivity index (χ3n) is 13.5. The van der Waals surface area contributed by atoms with Gasteiger partial charge >= 0.3 is 20.8 Å². The third-order valence-corrected chi connectivity index (χ3v) is 14.3. The van der Waals surface area contributed by atoms with Gasteiger partial charge in [0.05, 0.1) is 0 Å². The standard InChI is InChI=1S/C36H54O8S2/c1-24-13-15-29-30(11-9-18-33(29,4)5)34(24,6)20-21-36-19-17-25(2)35(7,32(36)12-8-10-26(36)3)23-27-22-28(43-45(37,38)39)14-16-31(27)44-46(40,41)42/h14-16,22,24-25,30,32H,3,8-13,17-21,23H2,1-2,4-7H3,(H,37,38,39)(H,40,41,42)/t24-,25-,30+,32+,34+,35-,36-/m1/s1. The zero-order valence-corrected chi connectivity index (χ0v) is 30.1. The van der Waals surface area contributed by atoms with Crippen LogP contribution in [0.5, 0.6) is 11.5 Å². The minimum Gasteiger partial charge on any atom is -0.362 e. The Bertz CT molecular complexity index is 1590. The van der Waals surface area contributed by atoms with Gasteiger partial charge in [0.1, 0.15) is 11.5 Å². The molecule has 258 valence electrons. The van der Waals surface area contributed by atoms with Crippen LogP contribution in [-0.2, 0) is 27.2 Å². The second-order valence-corrected chi connectivity index (χ2v) is 18.3. The minimum absolute atomic E-state index is 0.0691. The van der Waals surface area contributed by atoms with E-state index >= 15 is 0 Å². The van der Waals surface area contributed by atoms with Crippen molar-refractivity contribution in [3.63, 3.8) is 0 Å². The lowest BCUT2D eigenvalue weighted by atomic mass is 9.43. The Morgan fingerprint density at radius 2 is 1.57 bits per heavy atom. The van der Waals surface area contributed by atoms with Crippen molar-refractivity contribution in [3.05, 3.63) is 47.6 Å². The van der Waals surface area contributed by atoms with Crippen LogP contribution in [-0.4, -0.2) is 25.9 Å². The Hall–Kier alpha value is -1.88. The summed E-state index contributed by atoms with van der Waals surface area (Å²) in [4.78, 5) is 0. The monoisotopic (exact) mass is 678 g/mol. The Morgan fingerprint density at radius 3 is 2.24 bits per heavy atom. The minimum atomic E-state index is -4.84. The van der Waals surface area contributed by atoms with Crippen molar-refractivity contribution in [2.24, 2.45) is 45.3 Å². The van der Waals surface area contributed by atoms with Crippen molar-refractivity contribution in [1.82, 2.24) is 0 Å². The number of hydrogen-bond donors (Lipinski definition) is 2. The maximum absolute atomic E-state index is 11.8. The molecule has 0 aromatic heterocycles. The first-order chi connectivity index (χ1) is 21.2. The van der Waals surface area contributed by atoms with E-state index < -0.39 is 20.8 Å². The summed E-state index contributed by atoms with van der Waals surface area (Å²) < 4.78 is 75.3. The maximum Gasteiger partial charge on any atom is 0.446 e. The van der Waals surface area contributed by atoms with E-state index in [0.29, 0.717) is 23.8 Å². The van der Waals surface area contributed by atoms with E-state index in [0.717, 1.165) is 51.4 Å². The molecule has 10 heteroatoms. The van der Waals surface area contributed by atoms with Gasteiger partial charge in [-0.3, -0.25) is 9.11 Å². The van der Waals surface area contributed by atoms with Gasteiger partial charge in [0.15, 0.2) is 0 Å². The van der Waals surface area contributed by atoms with E-state index in [-0.39, 0.29) is 45.0 Å². The van der Waals surface area contributed by atoms with Gasteiger partial charge < -0.3 is 8.37 Å². The highest BCUT2D eigenvalue weighted by Crippen LogP contribution is 2.66. The molecule has 0 amide bonds. The van der Waals surface area contributed by atoms with Crippen molar-refractivity contribution in [3.8, 4) is 11.5 Å². The predicted molar refractivity (Wildman–Crippen MR) is 180 cm³/mol. The summed E-state index contributed by atoms with van der Waals surface area (Å²) in [6.07, 6.45) is 15.1. The van der Waals surface area contributed by atoms with Crippen LogP contribution < -0.4 is 8.37 Å². The average molecular weight is 679 g/mol. The van der Waals surface area contributed by atoms with Gasteiger partial charge in [-0.25, -0.2) is 0 Å². The molecular formula is C36H54O8S2. The SMILES string of the molecule is C=C1CCC[C@@H]2[C@@]1(CC[C@@]1(C)[C@H](C)CC=C3[C@@H]1CCCC3(C)C)CC[C@@H](C)[C@@]2(C)Cc1cc(OS(=O)(=O)O)ccc1OS(=O)(=O)O. The molecule has 0 bridgehead atoms. The molecule has 8 nitrogen and oxygen atoms in total. The maximum atomic E-state index is 11.8. The zero-order chi connectivity index (χ0) is 33.9. The molecular weight excluding hydrogens is 625 g/mol. The summed E-state index contributed by atoms with van der Waals surface area (Å²) in [5, 5.41) is 0. The van der Waals surface area contributed by atoms with Crippen LogP contribution in [0, 0.1) is 45.3 Å². The summed E-state index contributed by atoms with van der Waals surface area (Å²) in [6.45, 7) is 19.1. The largest absolute Gasteiger partial charge is 0.446 e. The van der Waals surface area contributed by atoms with Crippen molar-refractivity contribution in [2.75, 3.05) is 0 Å². The number of hydrogen-bond acceptors (Lipinski definition) is 6. The van der Waals surface area contributed by atoms with Gasteiger partial charge in [0, 0.05) is 5.56 Å². The lowest BCUT2D eigenvalue weighted by Gasteiger charge is -2.61. The molecule has 2 N–H and O–H groups in total. The fourth-order valence-electron chi connectivity index (χ4n) is 10.4. The molecule has 4 aliphatic carbocycles. The molecule has 3 saturated carbocycles. The second kappa shape index (κ2) is 12.2. The van der Waals surface area contributed by atoms with E-state index in [1.807, 2.05) is 0 Å². The molecule has 0 radical (unpaired) electrons. The molecule has 46 heavy (non-hydrogen) atoms. The van der Waals surface area contributed by atoms with Crippen LogP contribution in [0.2, 0.25) is 0 Å². The summed E-state index contributed by atoms with van der Waals surface area (Å²) in [5.41, 5.74) is 3.42. The van der Waals surface area contributed by atoms with Crippen molar-refractivity contribution >= 4 is 20.8 Å². The molecule has 1 aromatic carbocycles. The van der Waals surface area contributed by atoms with Crippen LogP contribution in [0.4, 0.5) is 0 Å². The zero-order valence-electron chi connectivity index (χ0n) is 28.5. The molecule has 0 heterocycles. The first-order valence-electron chi connectivity index (χ1n) is 17.1. The lowest BCUT2D eigenvalue weighted by Crippen LogP contribution is -2.53. The first-order valence-corrected chi connectivity index (χ1v) is 19.8. The van der Waals surface area contributed by atoms with E-state index in [9.17, 15) is 25.9 Å². The smallest absolute Gasteiger partial charge is 0.362 e. The van der Waals surface area contributed by atoms with Gasteiger partial charge in [-0.1, -0.05) is 71.8 Å². The summed E-state index contributed by atoms with van der Waals surface area (Å²) in [6, 6.07) is 3.84. The molecule has 3 fully saturated rings. The Balaban J connectivity index is 1.51. The first kappa shape index (κ1) is 35.4. The van der Waals surface area contributed by atoms with E-state index in [1.54, 1.807) is 5.57 Å². The lowest BCUT2D eigenvalue weighted by molar-refractivity contribution is -0.0731. The van der Waals surface area contributed by atoms with Crippen molar-refractivity contribution in [1.29, 1.82) is 0 Å². The number of rotatable bonds is 9. The Morgan fingerprint density at radius 1 is 0.870 bits per heavy atom. The second-order valence-electron chi connectivity index (χ2n) is 16.2. The average Bonchev–Trinajstić information content (AvgIpc) is 2.93. The van der Waals surface area contributed by atoms with Gasteiger partial charge in [-0.05, 0) is 134 Å². The fraction of sp³-hybridized carbons (Fsp3) is 0.722. The molecule has 0 saturated heterocycles. The van der Waals surface area contributed by atoms with Crippen LogP contribution in [0.15, 0.2) is 42.0 Å². The van der Waals surface area contributed by atoms with Gasteiger partial charge in [0.2, 0.25) is 0 Å². The molecule has 0 spiro atoms. The molecule has 4 aliphatic rings.